The van der Waals surface area contributed by atoms with E-state index in [1.54, 1.807) is 0 Å². The van der Waals surface area contributed by atoms with Gasteiger partial charge in [-0.3, -0.25) is 4.90 Å². The molecule has 0 fully saturated rings. The second kappa shape index (κ2) is 7.27. The van der Waals surface area contributed by atoms with E-state index in [-0.39, 0.29) is 0 Å². The van der Waals surface area contributed by atoms with Gasteiger partial charge < -0.3 is 4.57 Å². The normalized spacial score (nSPS) is 12.4. The maximum Gasteiger partial charge on any atom is 0.234 e. The van der Waals surface area contributed by atoms with Crippen LogP contribution >= 0.6 is 0 Å². The lowest BCUT2D eigenvalue weighted by Crippen LogP contribution is -2.17. The number of nitrogens with zero attached hydrogens (tertiary/aromatic N) is 4. The fraction of sp³-hybridized carbons (Fsp3) is 0. The lowest BCUT2D eigenvalue weighted by Gasteiger charge is -2.32. The molecule has 3 heterocycles. The van der Waals surface area contributed by atoms with E-state index in [2.05, 4.69) is 123 Å². The van der Waals surface area contributed by atoms with E-state index in [1.165, 1.54) is 38.2 Å². The van der Waals surface area contributed by atoms with Crippen LogP contribution in [0.15, 0.2) is 122 Å². The summed E-state index contributed by atoms with van der Waals surface area (Å²) in [6.07, 6.45) is 3.62. The first kappa shape index (κ1) is 19.4. The van der Waals surface area contributed by atoms with E-state index < -0.39 is 0 Å². The van der Waals surface area contributed by atoms with Crippen LogP contribution in [0.25, 0.3) is 49.4 Å². The van der Waals surface area contributed by atoms with Gasteiger partial charge in [-0.25, -0.2) is 9.97 Å². The van der Waals surface area contributed by atoms with Gasteiger partial charge in [-0.05, 0) is 53.4 Å². The lowest BCUT2D eigenvalue weighted by molar-refractivity contribution is 1.08. The topological polar surface area (TPSA) is 34.0 Å². The zero-order valence-corrected chi connectivity index (χ0v) is 19.3. The Balaban J connectivity index is 1.56. The summed E-state index contributed by atoms with van der Waals surface area (Å²) in [6.45, 7) is 0. The fourth-order valence-electron chi connectivity index (χ4n) is 5.74. The second-order valence-electron chi connectivity index (χ2n) is 9.14. The molecule has 0 radical (unpaired) electrons. The molecule has 36 heavy (non-hydrogen) atoms. The molecule has 1 aliphatic heterocycles. The number of hydrogen-bond donors (Lipinski definition) is 0. The largest absolute Gasteiger partial charge is 0.309 e. The molecule has 0 amide bonds. The third-order valence-electron chi connectivity index (χ3n) is 7.21. The first-order valence-electron chi connectivity index (χ1n) is 12.1. The van der Waals surface area contributed by atoms with Gasteiger partial charge in [0.05, 0.1) is 22.4 Å². The molecule has 0 unspecified atom stereocenters. The molecule has 0 bridgehead atoms. The van der Waals surface area contributed by atoms with Gasteiger partial charge in [0.15, 0.2) is 0 Å². The first-order valence-corrected chi connectivity index (χ1v) is 12.1. The standard InChI is InChI=1S/C32H20N4/c1-2-11-22(12-3-1)35-27-15-5-4-13-23(27)25-19-26-24-14-6-9-21-10-7-16-28(31(21)24)36(30(26)20-29(25)35)32-33-17-8-18-34-32/h1-20H. The Bertz CT molecular complexity index is 1930. The van der Waals surface area contributed by atoms with E-state index in [9.17, 15) is 0 Å². The molecule has 0 aliphatic carbocycles. The quantitative estimate of drug-likeness (QED) is 0.261. The van der Waals surface area contributed by atoms with Crippen molar-refractivity contribution in [1.82, 2.24) is 14.5 Å². The van der Waals surface area contributed by atoms with Gasteiger partial charge in [-0.2, -0.15) is 0 Å². The van der Waals surface area contributed by atoms with Crippen molar-refractivity contribution in [2.75, 3.05) is 4.90 Å². The monoisotopic (exact) mass is 460 g/mol. The third-order valence-corrected chi connectivity index (χ3v) is 7.21. The van der Waals surface area contributed by atoms with Crippen molar-refractivity contribution < 1.29 is 0 Å². The number of hydrogen-bond acceptors (Lipinski definition) is 3. The summed E-state index contributed by atoms with van der Waals surface area (Å²) in [5, 5.41) is 4.92. The van der Waals surface area contributed by atoms with E-state index in [4.69, 9.17) is 0 Å². The van der Waals surface area contributed by atoms with Crippen molar-refractivity contribution in [3.8, 4) is 16.8 Å². The van der Waals surface area contributed by atoms with Gasteiger partial charge in [0.25, 0.3) is 0 Å². The molecule has 0 N–H and O–H groups in total. The summed E-state index contributed by atoms with van der Waals surface area (Å²) >= 11 is 0. The van der Waals surface area contributed by atoms with Crippen LogP contribution in [0.4, 0.5) is 17.3 Å². The summed E-state index contributed by atoms with van der Waals surface area (Å²) < 4.78 is 2.36. The Hall–Kier alpha value is -4.96. The summed E-state index contributed by atoms with van der Waals surface area (Å²) in [7, 11) is 0. The minimum Gasteiger partial charge on any atom is -0.309 e. The van der Waals surface area contributed by atoms with E-state index >= 15 is 0 Å². The van der Waals surface area contributed by atoms with Gasteiger partial charge in [0.2, 0.25) is 5.95 Å². The number of para-hydroxylation sites is 2. The van der Waals surface area contributed by atoms with E-state index in [1.807, 2.05) is 18.5 Å². The van der Waals surface area contributed by atoms with Crippen LogP contribution in [0.3, 0.4) is 0 Å². The van der Waals surface area contributed by atoms with Crippen LogP contribution in [-0.4, -0.2) is 14.5 Å². The highest BCUT2D eigenvalue weighted by molar-refractivity contribution is 6.18. The Labute approximate surface area is 207 Å². The number of benzene rings is 5. The maximum atomic E-state index is 4.67. The molecular formula is C32H20N4. The first-order chi connectivity index (χ1) is 17.9. The Morgan fingerprint density at radius 1 is 0.528 bits per heavy atom. The molecule has 168 valence electrons. The molecule has 0 saturated carbocycles. The zero-order chi connectivity index (χ0) is 23.6. The van der Waals surface area contributed by atoms with Gasteiger partial charge >= 0.3 is 0 Å². The molecule has 1 aliphatic rings. The summed E-state index contributed by atoms with van der Waals surface area (Å²) in [4.78, 5) is 11.6. The molecule has 5 aromatic carbocycles. The molecule has 0 saturated heterocycles. The van der Waals surface area contributed by atoms with Gasteiger partial charge in [-0.15, -0.1) is 0 Å². The molecular weight excluding hydrogens is 440 g/mol. The van der Waals surface area contributed by atoms with E-state index in [0.717, 1.165) is 22.6 Å². The molecule has 4 nitrogen and oxygen atoms in total. The fourth-order valence-corrected chi connectivity index (χ4v) is 5.74. The van der Waals surface area contributed by atoms with Crippen molar-refractivity contribution in [3.05, 3.63) is 122 Å². The van der Waals surface area contributed by atoms with Crippen molar-refractivity contribution >= 4 is 49.9 Å². The summed E-state index contributed by atoms with van der Waals surface area (Å²) in [5.74, 6) is 0.669. The highest BCUT2D eigenvalue weighted by atomic mass is 15.3. The second-order valence-corrected chi connectivity index (χ2v) is 9.14. The number of aromatic nitrogens is 3. The highest BCUT2D eigenvalue weighted by Crippen LogP contribution is 2.52. The molecule has 0 atom stereocenters. The Morgan fingerprint density at radius 3 is 2.17 bits per heavy atom. The summed E-state index contributed by atoms with van der Waals surface area (Å²) in [6, 6.07) is 38.8. The zero-order valence-electron chi connectivity index (χ0n) is 19.3. The third kappa shape index (κ3) is 2.58. The Kier molecular flexibility index (Phi) is 3.91. The van der Waals surface area contributed by atoms with Crippen molar-refractivity contribution in [2.45, 2.75) is 0 Å². The van der Waals surface area contributed by atoms with Crippen LogP contribution in [0, 0.1) is 0 Å². The molecule has 7 aromatic rings. The van der Waals surface area contributed by atoms with Gasteiger partial charge in [0, 0.05) is 39.8 Å². The minimum absolute atomic E-state index is 0.669. The van der Waals surface area contributed by atoms with Crippen LogP contribution in [-0.2, 0) is 0 Å². The minimum atomic E-state index is 0.669. The highest BCUT2D eigenvalue weighted by Gasteiger charge is 2.29. The van der Waals surface area contributed by atoms with Crippen LogP contribution < -0.4 is 4.90 Å². The molecule has 2 aromatic heterocycles. The van der Waals surface area contributed by atoms with Crippen LogP contribution in [0.1, 0.15) is 0 Å². The number of anilines is 3. The van der Waals surface area contributed by atoms with Crippen molar-refractivity contribution in [1.29, 1.82) is 0 Å². The van der Waals surface area contributed by atoms with E-state index in [0.29, 0.717) is 5.95 Å². The lowest BCUT2D eigenvalue weighted by atomic mass is 9.90. The van der Waals surface area contributed by atoms with Crippen LogP contribution in [0.5, 0.6) is 0 Å². The van der Waals surface area contributed by atoms with Gasteiger partial charge in [0.1, 0.15) is 0 Å². The summed E-state index contributed by atoms with van der Waals surface area (Å²) in [5.41, 5.74) is 8.11. The number of rotatable bonds is 2. The maximum absolute atomic E-state index is 4.67. The SMILES string of the molecule is c1ccc(-n2c3ccccc3c3cc4c(cc32)N(c2ncccn2)c2cccc3cccc-4c23)cc1. The van der Waals surface area contributed by atoms with Crippen molar-refractivity contribution in [2.24, 2.45) is 0 Å². The Morgan fingerprint density at radius 2 is 1.31 bits per heavy atom. The van der Waals surface area contributed by atoms with Crippen molar-refractivity contribution in [3.63, 3.8) is 0 Å². The number of fused-ring (bicyclic) bond motifs is 5. The van der Waals surface area contributed by atoms with Crippen LogP contribution in [0.2, 0.25) is 0 Å². The predicted molar refractivity (Wildman–Crippen MR) is 148 cm³/mol. The smallest absolute Gasteiger partial charge is 0.234 e. The molecule has 4 heteroatoms. The molecule has 0 spiro atoms. The average molecular weight is 461 g/mol. The van der Waals surface area contributed by atoms with Gasteiger partial charge in [-0.1, -0.05) is 66.7 Å². The molecule has 8 rings (SSSR count). The average Bonchev–Trinajstić information content (AvgIpc) is 3.27. The predicted octanol–water partition coefficient (Wildman–Crippen LogP) is 8.18.